The Bertz CT molecular complexity index is 1260. The average Bonchev–Trinajstić information content (AvgIpc) is 3.31. The number of fused-ring (bicyclic) bond motifs is 1. The minimum absolute atomic E-state index is 0.0712. The van der Waals surface area contributed by atoms with E-state index in [-0.39, 0.29) is 47.3 Å². The monoisotopic (exact) mass is 483 g/mol. The van der Waals surface area contributed by atoms with E-state index in [0.29, 0.717) is 38.4 Å². The number of carbonyl (C=O) groups is 2. The second-order valence-corrected chi connectivity index (χ2v) is 8.35. The number of aromatic nitrogens is 3. The van der Waals surface area contributed by atoms with Crippen LogP contribution in [0, 0.1) is 11.6 Å². The van der Waals surface area contributed by atoms with E-state index >= 15 is 0 Å². The minimum atomic E-state index is -0.604. The largest absolute Gasteiger partial charge is 0.494 e. The third kappa shape index (κ3) is 4.46. The molecular formula is C24H23F2N5O4. The summed E-state index contributed by atoms with van der Waals surface area (Å²) in [6, 6.07) is 10.2. The number of carbonyl (C=O) groups excluding carboxylic acids is 2. The number of piperazine rings is 1. The smallest absolute Gasteiger partial charge is 0.276 e. The van der Waals surface area contributed by atoms with Crippen LogP contribution in [0.3, 0.4) is 0 Å². The molecule has 2 aromatic carbocycles. The number of hydrogen-bond donors (Lipinski definition) is 0. The molecule has 0 saturated carbocycles. The average molecular weight is 483 g/mol. The maximum Gasteiger partial charge on any atom is 0.276 e. The Morgan fingerprint density at radius 1 is 1.00 bits per heavy atom. The van der Waals surface area contributed by atoms with Crippen molar-refractivity contribution in [3.63, 3.8) is 0 Å². The number of methoxy groups -OCH3 is 1. The molecule has 2 amide bonds. The van der Waals surface area contributed by atoms with Gasteiger partial charge in [-0.25, -0.2) is 13.5 Å². The van der Waals surface area contributed by atoms with E-state index in [1.807, 2.05) is 0 Å². The first-order chi connectivity index (χ1) is 16.9. The summed E-state index contributed by atoms with van der Waals surface area (Å²) in [7, 11) is 1.36. The number of ether oxygens (including phenoxy) is 2. The van der Waals surface area contributed by atoms with Gasteiger partial charge in [-0.3, -0.25) is 9.59 Å². The van der Waals surface area contributed by atoms with Crippen molar-refractivity contribution >= 4 is 11.8 Å². The van der Waals surface area contributed by atoms with Gasteiger partial charge in [0.15, 0.2) is 17.3 Å². The van der Waals surface area contributed by atoms with Gasteiger partial charge in [0.05, 0.1) is 26.0 Å². The third-order valence-electron chi connectivity index (χ3n) is 6.29. The number of benzene rings is 2. The van der Waals surface area contributed by atoms with Crippen molar-refractivity contribution < 1.29 is 27.8 Å². The zero-order valence-electron chi connectivity index (χ0n) is 19.0. The van der Waals surface area contributed by atoms with Crippen LogP contribution in [-0.4, -0.2) is 69.9 Å². The van der Waals surface area contributed by atoms with E-state index in [4.69, 9.17) is 9.47 Å². The quantitative estimate of drug-likeness (QED) is 0.566. The fourth-order valence-corrected chi connectivity index (χ4v) is 4.30. The van der Waals surface area contributed by atoms with Crippen LogP contribution >= 0.6 is 0 Å². The molecule has 0 unspecified atom stereocenters. The van der Waals surface area contributed by atoms with Crippen molar-refractivity contribution in [1.29, 1.82) is 0 Å². The van der Waals surface area contributed by atoms with Gasteiger partial charge >= 0.3 is 0 Å². The van der Waals surface area contributed by atoms with Crippen molar-refractivity contribution in [2.75, 3.05) is 33.3 Å². The molecule has 0 bridgehead atoms. The summed E-state index contributed by atoms with van der Waals surface area (Å²) >= 11 is 0. The molecule has 0 N–H and O–H groups in total. The zero-order valence-corrected chi connectivity index (χ0v) is 19.0. The van der Waals surface area contributed by atoms with E-state index in [1.54, 1.807) is 26.6 Å². The predicted octanol–water partition coefficient (Wildman–Crippen LogP) is 2.43. The molecule has 1 fully saturated rings. The van der Waals surface area contributed by atoms with Crippen LogP contribution in [0.15, 0.2) is 42.5 Å². The molecule has 0 radical (unpaired) electrons. The van der Waals surface area contributed by atoms with Gasteiger partial charge in [-0.2, -0.15) is 0 Å². The van der Waals surface area contributed by atoms with Gasteiger partial charge in [-0.1, -0.05) is 17.3 Å². The van der Waals surface area contributed by atoms with Gasteiger partial charge in [-0.15, -0.1) is 5.10 Å². The van der Waals surface area contributed by atoms with E-state index < -0.39 is 5.82 Å². The molecule has 1 saturated heterocycles. The van der Waals surface area contributed by atoms with Crippen LogP contribution in [0.2, 0.25) is 0 Å². The second kappa shape index (κ2) is 9.41. The summed E-state index contributed by atoms with van der Waals surface area (Å²) < 4.78 is 39.6. The zero-order chi connectivity index (χ0) is 24.5. The Morgan fingerprint density at radius 2 is 1.69 bits per heavy atom. The highest BCUT2D eigenvalue weighted by atomic mass is 19.1. The molecule has 3 heterocycles. The Morgan fingerprint density at radius 3 is 2.34 bits per heavy atom. The van der Waals surface area contributed by atoms with Crippen LogP contribution in [0.1, 0.15) is 38.2 Å². The van der Waals surface area contributed by atoms with Gasteiger partial charge in [0.2, 0.25) is 0 Å². The van der Waals surface area contributed by atoms with E-state index in [2.05, 4.69) is 10.3 Å². The van der Waals surface area contributed by atoms with Crippen LogP contribution in [0.25, 0.3) is 0 Å². The lowest BCUT2D eigenvalue weighted by atomic mass is 10.1. The van der Waals surface area contributed by atoms with Crippen molar-refractivity contribution in [3.05, 3.63) is 76.6 Å². The summed E-state index contributed by atoms with van der Waals surface area (Å²) in [5, 5.41) is 8.22. The van der Waals surface area contributed by atoms with Crippen LogP contribution in [0.5, 0.6) is 5.75 Å². The van der Waals surface area contributed by atoms with Gasteiger partial charge in [-0.05, 0) is 35.9 Å². The van der Waals surface area contributed by atoms with Crippen molar-refractivity contribution in [2.24, 2.45) is 0 Å². The minimum Gasteiger partial charge on any atom is -0.494 e. The molecule has 11 heteroatoms. The van der Waals surface area contributed by atoms with Crippen LogP contribution < -0.4 is 4.74 Å². The molecule has 182 valence electrons. The van der Waals surface area contributed by atoms with Crippen LogP contribution in [0.4, 0.5) is 8.78 Å². The van der Waals surface area contributed by atoms with E-state index in [9.17, 15) is 18.4 Å². The molecule has 1 atom stereocenters. The van der Waals surface area contributed by atoms with E-state index in [1.165, 1.54) is 31.4 Å². The molecule has 0 spiro atoms. The molecule has 2 aliphatic heterocycles. The van der Waals surface area contributed by atoms with E-state index in [0.717, 1.165) is 11.6 Å². The first-order valence-electron chi connectivity index (χ1n) is 11.2. The highest BCUT2D eigenvalue weighted by molar-refractivity contribution is 5.95. The predicted molar refractivity (Wildman–Crippen MR) is 119 cm³/mol. The number of nitrogens with zero attached hydrogens (tertiary/aromatic N) is 5. The van der Waals surface area contributed by atoms with Crippen molar-refractivity contribution in [1.82, 2.24) is 24.8 Å². The molecule has 3 aromatic rings. The summed E-state index contributed by atoms with van der Waals surface area (Å²) in [5.74, 6) is -1.44. The molecule has 0 aliphatic carbocycles. The number of halogens is 2. The molecule has 35 heavy (non-hydrogen) atoms. The summed E-state index contributed by atoms with van der Waals surface area (Å²) in [4.78, 5) is 29.1. The van der Waals surface area contributed by atoms with Gasteiger partial charge < -0.3 is 19.3 Å². The number of hydrogen-bond acceptors (Lipinski definition) is 6. The lowest BCUT2D eigenvalue weighted by Crippen LogP contribution is -2.50. The highest BCUT2D eigenvalue weighted by Crippen LogP contribution is 2.28. The molecule has 1 aromatic heterocycles. The first-order valence-corrected chi connectivity index (χ1v) is 11.2. The standard InChI is InChI=1S/C24H23F2N5O4/c1-34-20-7-4-16(12-18(20)26)23(32)29-8-10-30(11-9-29)24(33)22-19-14-35-21(13-31(19)28-27-22)15-2-5-17(25)6-3-15/h2-7,12,21H,8-11,13-14H2,1H3/t21-/m1/s1. The Kier molecular flexibility index (Phi) is 6.16. The highest BCUT2D eigenvalue weighted by Gasteiger charge is 2.32. The lowest BCUT2D eigenvalue weighted by molar-refractivity contribution is -0.00206. The molecule has 5 rings (SSSR count). The maximum atomic E-state index is 14.0. The molecule has 2 aliphatic rings. The van der Waals surface area contributed by atoms with Crippen LogP contribution in [-0.2, 0) is 17.9 Å². The lowest BCUT2D eigenvalue weighted by Gasteiger charge is -2.34. The summed E-state index contributed by atoms with van der Waals surface area (Å²) in [6.07, 6.45) is -0.315. The third-order valence-corrected chi connectivity index (χ3v) is 6.29. The first kappa shape index (κ1) is 22.9. The number of rotatable bonds is 4. The fourth-order valence-electron chi connectivity index (χ4n) is 4.30. The SMILES string of the molecule is COc1ccc(C(=O)N2CCN(C(=O)c3nnn4c3CO[C@@H](c3ccc(F)cc3)C4)CC2)cc1F. The molecule has 9 nitrogen and oxygen atoms in total. The topological polar surface area (TPSA) is 89.8 Å². The normalized spacial score (nSPS) is 17.7. The Labute approximate surface area is 199 Å². The van der Waals surface area contributed by atoms with Gasteiger partial charge in [0.1, 0.15) is 11.9 Å². The Hall–Kier alpha value is -3.86. The van der Waals surface area contributed by atoms with Gasteiger partial charge in [0, 0.05) is 31.7 Å². The summed E-state index contributed by atoms with van der Waals surface area (Å²) in [5.41, 5.74) is 1.85. The number of amides is 2. The van der Waals surface area contributed by atoms with Gasteiger partial charge in [0.25, 0.3) is 11.8 Å². The summed E-state index contributed by atoms with van der Waals surface area (Å²) in [6.45, 7) is 1.76. The second-order valence-electron chi connectivity index (χ2n) is 8.35. The fraction of sp³-hybridized carbons (Fsp3) is 0.333. The Balaban J connectivity index is 1.22. The van der Waals surface area contributed by atoms with Crippen molar-refractivity contribution in [3.8, 4) is 5.75 Å². The molecular weight excluding hydrogens is 460 g/mol. The van der Waals surface area contributed by atoms with Crippen molar-refractivity contribution in [2.45, 2.75) is 19.3 Å². The maximum absolute atomic E-state index is 14.0.